The fourth-order valence-corrected chi connectivity index (χ4v) is 2.34. The molecule has 0 aliphatic heterocycles. The van der Waals surface area contributed by atoms with Crippen LogP contribution in [0.2, 0.25) is 0 Å². The van der Waals surface area contributed by atoms with Crippen LogP contribution in [-0.2, 0) is 0 Å². The zero-order valence-corrected chi connectivity index (χ0v) is 12.4. The monoisotopic (exact) mass is 313 g/mol. The Morgan fingerprint density at radius 3 is 2.91 bits per heavy atom. The van der Waals surface area contributed by atoms with Crippen molar-refractivity contribution in [3.05, 3.63) is 63.6 Å². The van der Waals surface area contributed by atoms with Crippen molar-refractivity contribution in [2.24, 2.45) is 11.0 Å². The van der Waals surface area contributed by atoms with Gasteiger partial charge in [0, 0.05) is 23.6 Å². The first-order valence-corrected chi connectivity index (χ1v) is 7.22. The molecule has 1 aromatic carbocycles. The van der Waals surface area contributed by atoms with E-state index >= 15 is 0 Å². The van der Waals surface area contributed by atoms with Crippen LogP contribution in [0.25, 0.3) is 0 Å². The summed E-state index contributed by atoms with van der Waals surface area (Å²) in [5.41, 5.74) is 2.35. The molecule has 0 bridgehead atoms. The van der Waals surface area contributed by atoms with Crippen LogP contribution in [0.1, 0.15) is 41.1 Å². The lowest BCUT2D eigenvalue weighted by Crippen LogP contribution is -2.17. The maximum atomic E-state index is 11.9. The third-order valence-corrected chi connectivity index (χ3v) is 3.80. The minimum Gasteiger partial charge on any atom is -0.460 e. The van der Waals surface area contributed by atoms with Crippen molar-refractivity contribution in [1.82, 2.24) is 5.43 Å². The number of carbonyl (C=O) groups is 1. The molecule has 2 aromatic rings. The molecule has 1 heterocycles. The summed E-state index contributed by atoms with van der Waals surface area (Å²) in [6, 6.07) is 9.17. The van der Waals surface area contributed by atoms with Crippen LogP contribution < -0.4 is 5.43 Å². The second-order valence-electron chi connectivity index (χ2n) is 5.57. The van der Waals surface area contributed by atoms with E-state index in [1.165, 1.54) is 30.5 Å². The molecule has 23 heavy (non-hydrogen) atoms. The van der Waals surface area contributed by atoms with E-state index in [9.17, 15) is 14.9 Å². The third kappa shape index (κ3) is 3.45. The highest BCUT2D eigenvalue weighted by Crippen LogP contribution is 2.47. The molecule has 1 N–H and O–H groups in total. The highest BCUT2D eigenvalue weighted by molar-refractivity contribution is 5.95. The molecule has 1 aliphatic rings. The molecule has 3 rings (SSSR count). The highest BCUT2D eigenvalue weighted by atomic mass is 16.6. The summed E-state index contributed by atoms with van der Waals surface area (Å²) in [6.45, 7) is 2.17. The molecule has 1 aliphatic carbocycles. The van der Waals surface area contributed by atoms with Crippen LogP contribution in [0, 0.1) is 16.0 Å². The summed E-state index contributed by atoms with van der Waals surface area (Å²) < 4.78 is 5.63. The molecule has 1 amide bonds. The van der Waals surface area contributed by atoms with Gasteiger partial charge in [-0.2, -0.15) is 5.10 Å². The maximum Gasteiger partial charge on any atom is 0.271 e. The molecule has 2 atom stereocenters. The van der Waals surface area contributed by atoms with Gasteiger partial charge in [-0.15, -0.1) is 0 Å². The van der Waals surface area contributed by atoms with E-state index in [0.29, 0.717) is 17.6 Å². The zero-order chi connectivity index (χ0) is 16.4. The fraction of sp³-hybridized carbons (Fsp3) is 0.250. The van der Waals surface area contributed by atoms with E-state index in [1.807, 2.05) is 6.07 Å². The van der Waals surface area contributed by atoms with Crippen molar-refractivity contribution in [3.63, 3.8) is 0 Å². The standard InChI is InChI=1S/C16H15N3O4/c1-10-7-14(10)15-6-5-13(23-15)9-17-18-16(20)11-3-2-4-12(8-11)19(21)22/h2-6,8-10,14H,7H2,1H3,(H,18,20)/b17-9-/t10-,14+/m1/s1. The summed E-state index contributed by atoms with van der Waals surface area (Å²) in [5, 5.41) is 14.5. The van der Waals surface area contributed by atoms with Crippen LogP contribution in [0.3, 0.4) is 0 Å². The number of carbonyl (C=O) groups excluding carboxylic acids is 1. The number of nitro groups is 1. The topological polar surface area (TPSA) is 97.7 Å². The quantitative estimate of drug-likeness (QED) is 0.521. The van der Waals surface area contributed by atoms with E-state index < -0.39 is 10.8 Å². The Labute approximate surface area is 132 Å². The lowest BCUT2D eigenvalue weighted by atomic mass is 10.2. The van der Waals surface area contributed by atoms with Crippen molar-refractivity contribution in [3.8, 4) is 0 Å². The molecule has 0 saturated heterocycles. The van der Waals surface area contributed by atoms with Crippen molar-refractivity contribution in [2.45, 2.75) is 19.3 Å². The van der Waals surface area contributed by atoms with Crippen LogP contribution in [0.4, 0.5) is 5.69 Å². The smallest absolute Gasteiger partial charge is 0.271 e. The minimum absolute atomic E-state index is 0.143. The number of hydrogen-bond acceptors (Lipinski definition) is 5. The number of rotatable bonds is 5. The molecule has 0 radical (unpaired) electrons. The van der Waals surface area contributed by atoms with Gasteiger partial charge in [0.25, 0.3) is 11.6 Å². The first-order chi connectivity index (χ1) is 11.0. The van der Waals surface area contributed by atoms with Crippen LogP contribution in [-0.4, -0.2) is 17.0 Å². The number of hydrazone groups is 1. The number of furan rings is 1. The maximum absolute atomic E-state index is 11.9. The molecular formula is C16H15N3O4. The lowest BCUT2D eigenvalue weighted by Gasteiger charge is -1.99. The van der Waals surface area contributed by atoms with Gasteiger partial charge in [-0.05, 0) is 30.5 Å². The largest absolute Gasteiger partial charge is 0.460 e. The lowest BCUT2D eigenvalue weighted by molar-refractivity contribution is -0.384. The molecule has 1 saturated carbocycles. The Kier molecular flexibility index (Phi) is 3.92. The highest BCUT2D eigenvalue weighted by Gasteiger charge is 2.36. The third-order valence-electron chi connectivity index (χ3n) is 3.80. The summed E-state index contributed by atoms with van der Waals surface area (Å²) in [7, 11) is 0. The molecular weight excluding hydrogens is 298 g/mol. The summed E-state index contributed by atoms with van der Waals surface area (Å²) in [6.07, 6.45) is 2.54. The first kappa shape index (κ1) is 15.0. The predicted octanol–water partition coefficient (Wildman–Crippen LogP) is 3.08. The van der Waals surface area contributed by atoms with Gasteiger partial charge in [0.2, 0.25) is 0 Å². The Balaban J connectivity index is 1.61. The Morgan fingerprint density at radius 2 is 2.22 bits per heavy atom. The van der Waals surface area contributed by atoms with Gasteiger partial charge in [0.15, 0.2) is 0 Å². The number of non-ortho nitro benzene ring substituents is 1. The molecule has 118 valence electrons. The zero-order valence-electron chi connectivity index (χ0n) is 12.4. The number of nitro benzene ring substituents is 1. The minimum atomic E-state index is -0.552. The average Bonchev–Trinajstić information content (AvgIpc) is 3.09. The Bertz CT molecular complexity index is 781. The van der Waals surface area contributed by atoms with Gasteiger partial charge in [-0.3, -0.25) is 14.9 Å². The van der Waals surface area contributed by atoms with Crippen molar-refractivity contribution in [2.75, 3.05) is 0 Å². The number of hydrogen-bond donors (Lipinski definition) is 1. The van der Waals surface area contributed by atoms with Gasteiger partial charge in [-0.1, -0.05) is 13.0 Å². The fourth-order valence-electron chi connectivity index (χ4n) is 2.34. The van der Waals surface area contributed by atoms with Crippen LogP contribution >= 0.6 is 0 Å². The Morgan fingerprint density at radius 1 is 1.43 bits per heavy atom. The van der Waals surface area contributed by atoms with Crippen molar-refractivity contribution in [1.29, 1.82) is 0 Å². The molecule has 7 nitrogen and oxygen atoms in total. The van der Waals surface area contributed by atoms with Gasteiger partial charge in [0.05, 0.1) is 11.1 Å². The van der Waals surface area contributed by atoms with Gasteiger partial charge >= 0.3 is 0 Å². The van der Waals surface area contributed by atoms with E-state index in [0.717, 1.165) is 12.2 Å². The normalized spacial score (nSPS) is 19.7. The number of benzene rings is 1. The van der Waals surface area contributed by atoms with Gasteiger partial charge < -0.3 is 4.42 Å². The summed E-state index contributed by atoms with van der Waals surface area (Å²) in [4.78, 5) is 22.0. The number of nitrogens with one attached hydrogen (secondary N) is 1. The molecule has 0 unspecified atom stereocenters. The molecule has 1 fully saturated rings. The van der Waals surface area contributed by atoms with E-state index in [2.05, 4.69) is 17.5 Å². The Hall–Kier alpha value is -2.96. The second-order valence-corrected chi connectivity index (χ2v) is 5.57. The summed E-state index contributed by atoms with van der Waals surface area (Å²) in [5.74, 6) is 2.10. The second kappa shape index (κ2) is 6.04. The van der Waals surface area contributed by atoms with E-state index in [1.54, 1.807) is 6.07 Å². The van der Waals surface area contributed by atoms with E-state index in [-0.39, 0.29) is 11.3 Å². The molecule has 1 aromatic heterocycles. The molecule has 0 spiro atoms. The van der Waals surface area contributed by atoms with Gasteiger partial charge in [0.1, 0.15) is 11.5 Å². The van der Waals surface area contributed by atoms with Crippen LogP contribution in [0.5, 0.6) is 0 Å². The number of amides is 1. The van der Waals surface area contributed by atoms with Crippen LogP contribution in [0.15, 0.2) is 45.9 Å². The average molecular weight is 313 g/mol. The predicted molar refractivity (Wildman–Crippen MR) is 83.4 cm³/mol. The SMILES string of the molecule is C[C@@H]1C[C@@H]1c1ccc(/C=N\NC(=O)c2cccc([N+](=O)[O-])c2)o1. The number of nitrogens with zero attached hydrogens (tertiary/aromatic N) is 2. The van der Waals surface area contributed by atoms with Crippen molar-refractivity contribution >= 4 is 17.8 Å². The molecule has 7 heteroatoms. The van der Waals surface area contributed by atoms with Gasteiger partial charge in [-0.25, -0.2) is 5.43 Å². The summed E-state index contributed by atoms with van der Waals surface area (Å²) >= 11 is 0. The van der Waals surface area contributed by atoms with Crippen molar-refractivity contribution < 1.29 is 14.1 Å². The van der Waals surface area contributed by atoms with E-state index in [4.69, 9.17) is 4.42 Å². The first-order valence-electron chi connectivity index (χ1n) is 7.22.